The normalized spacial score (nSPS) is 9.50. The lowest BCUT2D eigenvalue weighted by Gasteiger charge is -1.94. The Balaban J connectivity index is 1.74. The lowest BCUT2D eigenvalue weighted by molar-refractivity contribution is 0.136. The number of hydrogen-bond donors (Lipinski definition) is 0. The summed E-state index contributed by atoms with van der Waals surface area (Å²) in [6, 6.07) is 13.6. The Hall–Kier alpha value is -1.98. The molecule has 0 atom stereocenters. The molecule has 1 heterocycles. The van der Waals surface area contributed by atoms with Gasteiger partial charge >= 0.3 is 0 Å². The molecule has 80 valence electrons. The zero-order chi connectivity index (χ0) is 11.1. The lowest BCUT2D eigenvalue weighted by Crippen LogP contribution is -1.91. The highest BCUT2D eigenvalue weighted by atomic mass is 16.5. The first kappa shape index (κ1) is 10.5. The molecule has 1 aromatic carbocycles. The Morgan fingerprint density at radius 2 is 1.94 bits per heavy atom. The predicted molar refractivity (Wildman–Crippen MR) is 61.7 cm³/mol. The summed E-state index contributed by atoms with van der Waals surface area (Å²) in [6.07, 6.45) is 1.63. The Morgan fingerprint density at radius 1 is 1.06 bits per heavy atom. The van der Waals surface area contributed by atoms with Crippen molar-refractivity contribution >= 4 is 0 Å². The van der Waals surface area contributed by atoms with Crippen LogP contribution in [0.2, 0.25) is 0 Å². The molecule has 0 spiro atoms. The maximum atomic E-state index is 5.33. The quantitative estimate of drug-likeness (QED) is 0.576. The molecule has 0 aliphatic heterocycles. The highest BCUT2D eigenvalue weighted by Crippen LogP contribution is 2.01. The van der Waals surface area contributed by atoms with Crippen molar-refractivity contribution < 1.29 is 9.15 Å². The van der Waals surface area contributed by atoms with E-state index in [0.29, 0.717) is 13.2 Å². The summed E-state index contributed by atoms with van der Waals surface area (Å²) in [6.45, 7) is 0.881. The van der Waals surface area contributed by atoms with E-state index in [1.165, 1.54) is 0 Å². The number of furan rings is 1. The van der Waals surface area contributed by atoms with Gasteiger partial charge in [0.05, 0.1) is 6.26 Å². The van der Waals surface area contributed by atoms with Crippen LogP contribution >= 0.6 is 0 Å². The highest BCUT2D eigenvalue weighted by Gasteiger charge is 1.92. The van der Waals surface area contributed by atoms with Crippen molar-refractivity contribution in [3.8, 4) is 11.8 Å². The SMILES string of the molecule is C(#Cc1ccccc1)COCc1ccco1. The standard InChI is InChI=1S/C14H12O2/c1-2-6-13(7-3-1)8-4-10-15-12-14-9-5-11-16-14/h1-3,5-7,9,11H,10,12H2. The molecular weight excluding hydrogens is 200 g/mol. The van der Waals surface area contributed by atoms with Crippen LogP contribution in [0.25, 0.3) is 0 Å². The number of rotatable bonds is 3. The van der Waals surface area contributed by atoms with Gasteiger partial charge in [0, 0.05) is 5.56 Å². The van der Waals surface area contributed by atoms with Gasteiger partial charge in [-0.2, -0.15) is 0 Å². The molecule has 0 amide bonds. The van der Waals surface area contributed by atoms with Crippen molar-refractivity contribution in [1.82, 2.24) is 0 Å². The average molecular weight is 212 g/mol. The minimum atomic E-state index is 0.412. The summed E-state index contributed by atoms with van der Waals surface area (Å²) in [5, 5.41) is 0. The van der Waals surface area contributed by atoms with Crippen molar-refractivity contribution in [3.05, 3.63) is 60.1 Å². The lowest BCUT2D eigenvalue weighted by atomic mass is 10.2. The summed E-state index contributed by atoms with van der Waals surface area (Å²) in [5.41, 5.74) is 1.00. The van der Waals surface area contributed by atoms with Crippen LogP contribution in [0.15, 0.2) is 53.1 Å². The second kappa shape index (κ2) is 5.79. The second-order valence-corrected chi connectivity index (χ2v) is 3.24. The topological polar surface area (TPSA) is 22.4 Å². The van der Waals surface area contributed by atoms with Gasteiger partial charge in [0.25, 0.3) is 0 Å². The molecule has 2 rings (SSSR count). The Kier molecular flexibility index (Phi) is 3.81. The number of hydrogen-bond acceptors (Lipinski definition) is 2. The summed E-state index contributed by atoms with van der Waals surface area (Å²) >= 11 is 0. The van der Waals surface area contributed by atoms with E-state index in [0.717, 1.165) is 11.3 Å². The molecule has 2 aromatic rings. The summed E-state index contributed by atoms with van der Waals surface area (Å²) < 4.78 is 10.5. The molecule has 0 fully saturated rings. The minimum absolute atomic E-state index is 0.412. The fraction of sp³-hybridized carbons (Fsp3) is 0.143. The van der Waals surface area contributed by atoms with Crippen molar-refractivity contribution in [2.75, 3.05) is 6.61 Å². The Morgan fingerprint density at radius 3 is 2.69 bits per heavy atom. The first-order valence-electron chi connectivity index (χ1n) is 5.09. The van der Waals surface area contributed by atoms with Gasteiger partial charge in [-0.25, -0.2) is 0 Å². The van der Waals surface area contributed by atoms with Gasteiger partial charge in [-0.3, -0.25) is 0 Å². The molecule has 0 N–H and O–H groups in total. The molecule has 1 aromatic heterocycles. The summed E-state index contributed by atoms with van der Waals surface area (Å²) in [5.74, 6) is 6.79. The van der Waals surface area contributed by atoms with Crippen LogP contribution in [0, 0.1) is 11.8 Å². The van der Waals surface area contributed by atoms with Crippen LogP contribution in [0.3, 0.4) is 0 Å². The molecule has 0 bridgehead atoms. The van der Waals surface area contributed by atoms with Gasteiger partial charge in [0.15, 0.2) is 0 Å². The van der Waals surface area contributed by atoms with E-state index in [1.807, 2.05) is 42.5 Å². The fourth-order valence-electron chi connectivity index (χ4n) is 1.26. The van der Waals surface area contributed by atoms with Gasteiger partial charge in [-0.1, -0.05) is 30.0 Å². The van der Waals surface area contributed by atoms with Gasteiger partial charge in [0.1, 0.15) is 19.0 Å². The van der Waals surface area contributed by atoms with Gasteiger partial charge < -0.3 is 9.15 Å². The van der Waals surface area contributed by atoms with E-state index in [2.05, 4.69) is 11.8 Å². The van der Waals surface area contributed by atoms with Crippen LogP contribution in [0.5, 0.6) is 0 Å². The molecule has 0 saturated heterocycles. The Labute approximate surface area is 94.9 Å². The minimum Gasteiger partial charge on any atom is -0.467 e. The molecule has 2 heteroatoms. The maximum Gasteiger partial charge on any atom is 0.129 e. The molecule has 2 nitrogen and oxygen atoms in total. The van der Waals surface area contributed by atoms with Crippen LogP contribution in [-0.2, 0) is 11.3 Å². The maximum absolute atomic E-state index is 5.33. The number of benzene rings is 1. The molecule has 0 aliphatic carbocycles. The third kappa shape index (κ3) is 3.30. The molecule has 0 saturated carbocycles. The van der Waals surface area contributed by atoms with E-state index in [9.17, 15) is 0 Å². The smallest absolute Gasteiger partial charge is 0.129 e. The molecule has 0 unspecified atom stereocenters. The van der Waals surface area contributed by atoms with E-state index in [-0.39, 0.29) is 0 Å². The molecule has 0 aliphatic rings. The summed E-state index contributed by atoms with van der Waals surface area (Å²) in [7, 11) is 0. The van der Waals surface area contributed by atoms with Crippen LogP contribution in [0.1, 0.15) is 11.3 Å². The summed E-state index contributed by atoms with van der Waals surface area (Å²) in [4.78, 5) is 0. The van der Waals surface area contributed by atoms with Crippen molar-refractivity contribution in [1.29, 1.82) is 0 Å². The van der Waals surface area contributed by atoms with Gasteiger partial charge in [-0.05, 0) is 24.3 Å². The van der Waals surface area contributed by atoms with Crippen molar-refractivity contribution in [2.45, 2.75) is 6.61 Å². The van der Waals surface area contributed by atoms with Gasteiger partial charge in [-0.15, -0.1) is 0 Å². The Bertz CT molecular complexity index is 460. The zero-order valence-electron chi connectivity index (χ0n) is 8.85. The van der Waals surface area contributed by atoms with E-state index >= 15 is 0 Å². The van der Waals surface area contributed by atoms with E-state index < -0.39 is 0 Å². The average Bonchev–Trinajstić information content (AvgIpc) is 2.83. The molecule has 0 radical (unpaired) electrons. The highest BCUT2D eigenvalue weighted by molar-refractivity contribution is 5.33. The monoisotopic (exact) mass is 212 g/mol. The number of ether oxygens (including phenoxy) is 1. The van der Waals surface area contributed by atoms with Crippen molar-refractivity contribution in [2.24, 2.45) is 0 Å². The zero-order valence-corrected chi connectivity index (χ0v) is 8.85. The first-order chi connectivity index (χ1) is 7.95. The van der Waals surface area contributed by atoms with E-state index in [1.54, 1.807) is 6.26 Å². The third-order valence-corrected chi connectivity index (χ3v) is 2.01. The van der Waals surface area contributed by atoms with Crippen LogP contribution in [0.4, 0.5) is 0 Å². The third-order valence-electron chi connectivity index (χ3n) is 2.01. The van der Waals surface area contributed by atoms with Crippen LogP contribution < -0.4 is 0 Å². The fourth-order valence-corrected chi connectivity index (χ4v) is 1.26. The largest absolute Gasteiger partial charge is 0.467 e. The molecular formula is C14H12O2. The van der Waals surface area contributed by atoms with Gasteiger partial charge in [0.2, 0.25) is 0 Å². The van der Waals surface area contributed by atoms with E-state index in [4.69, 9.17) is 9.15 Å². The predicted octanol–water partition coefficient (Wildman–Crippen LogP) is 2.85. The first-order valence-corrected chi connectivity index (χ1v) is 5.09. The van der Waals surface area contributed by atoms with Crippen molar-refractivity contribution in [3.63, 3.8) is 0 Å². The van der Waals surface area contributed by atoms with Crippen LogP contribution in [-0.4, -0.2) is 6.61 Å². The molecule has 16 heavy (non-hydrogen) atoms. The second-order valence-electron chi connectivity index (χ2n) is 3.24.